The molecular weight excluding hydrogens is 314 g/mol. The van der Waals surface area contributed by atoms with Crippen LogP contribution in [-0.4, -0.2) is 23.9 Å². The van der Waals surface area contributed by atoms with E-state index < -0.39 is 10.0 Å². The van der Waals surface area contributed by atoms with Crippen molar-refractivity contribution in [2.24, 2.45) is 0 Å². The molecule has 1 aromatic carbocycles. The maximum absolute atomic E-state index is 13.0. The van der Waals surface area contributed by atoms with Crippen LogP contribution in [0.25, 0.3) is 0 Å². The Morgan fingerprint density at radius 2 is 1.96 bits per heavy atom. The lowest BCUT2D eigenvalue weighted by molar-refractivity contribution is 0.380. The van der Waals surface area contributed by atoms with E-state index in [0.717, 1.165) is 18.4 Å². The van der Waals surface area contributed by atoms with Gasteiger partial charge in [0.25, 0.3) is 0 Å². The van der Waals surface area contributed by atoms with E-state index in [9.17, 15) is 8.42 Å². The third kappa shape index (κ3) is 3.00. The topological polar surface area (TPSA) is 87.2 Å². The highest BCUT2D eigenvalue weighted by Gasteiger charge is 2.39. The van der Waals surface area contributed by atoms with Crippen LogP contribution >= 0.6 is 0 Å². The van der Waals surface area contributed by atoms with Crippen molar-refractivity contribution in [2.45, 2.75) is 44.2 Å². The van der Waals surface area contributed by atoms with Crippen molar-refractivity contribution in [3.8, 4) is 6.07 Å². The summed E-state index contributed by atoms with van der Waals surface area (Å²) in [7, 11) is -3.62. The van der Waals surface area contributed by atoms with Gasteiger partial charge in [0.05, 0.1) is 22.2 Å². The monoisotopic (exact) mass is 331 g/mol. The predicted molar refractivity (Wildman–Crippen MR) is 82.9 cm³/mol. The first-order chi connectivity index (χ1) is 10.9. The largest absolute Gasteiger partial charge is 0.361 e. The van der Waals surface area contributed by atoms with Crippen LogP contribution in [0.2, 0.25) is 0 Å². The summed E-state index contributed by atoms with van der Waals surface area (Å²) in [6.45, 7) is 3.86. The van der Waals surface area contributed by atoms with E-state index in [0.29, 0.717) is 17.0 Å². The highest BCUT2D eigenvalue weighted by atomic mass is 32.2. The van der Waals surface area contributed by atoms with Crippen LogP contribution in [0.5, 0.6) is 0 Å². The molecule has 0 bridgehead atoms. The Morgan fingerprint density at radius 3 is 2.43 bits per heavy atom. The number of benzene rings is 1. The standard InChI is InChI=1S/C16H17N3O3S/c1-11-16(12(2)22-18-11)10-19(14-5-6-14)23(20,21)15-7-3-13(9-17)4-8-15/h3-4,7-8,14H,5-6,10H2,1-2H3. The average molecular weight is 331 g/mol. The molecule has 120 valence electrons. The van der Waals surface area contributed by atoms with Crippen molar-refractivity contribution < 1.29 is 12.9 Å². The van der Waals surface area contributed by atoms with Crippen LogP contribution in [-0.2, 0) is 16.6 Å². The van der Waals surface area contributed by atoms with Crippen LogP contribution in [0.4, 0.5) is 0 Å². The molecule has 1 aromatic heterocycles. The summed E-state index contributed by atoms with van der Waals surface area (Å²) in [5, 5.41) is 12.7. The summed E-state index contributed by atoms with van der Waals surface area (Å²) >= 11 is 0. The van der Waals surface area contributed by atoms with Crippen LogP contribution in [0.1, 0.15) is 35.4 Å². The fraction of sp³-hybridized carbons (Fsp3) is 0.375. The molecule has 2 aromatic rings. The number of sulfonamides is 1. The van der Waals surface area contributed by atoms with Gasteiger partial charge >= 0.3 is 0 Å². The van der Waals surface area contributed by atoms with E-state index in [1.807, 2.05) is 13.0 Å². The van der Waals surface area contributed by atoms with Gasteiger partial charge in [0.15, 0.2) is 0 Å². The molecule has 0 aliphatic heterocycles. The van der Waals surface area contributed by atoms with Crippen molar-refractivity contribution >= 4 is 10.0 Å². The van der Waals surface area contributed by atoms with Gasteiger partial charge in [-0.2, -0.15) is 9.57 Å². The van der Waals surface area contributed by atoms with Crippen molar-refractivity contribution in [2.75, 3.05) is 0 Å². The zero-order valence-corrected chi connectivity index (χ0v) is 13.8. The number of aromatic nitrogens is 1. The first kappa shape index (κ1) is 15.7. The second-order valence-electron chi connectivity index (χ2n) is 5.72. The van der Waals surface area contributed by atoms with Crippen LogP contribution in [0.3, 0.4) is 0 Å². The number of nitrogens with zero attached hydrogens (tertiary/aromatic N) is 3. The maximum Gasteiger partial charge on any atom is 0.243 e. The van der Waals surface area contributed by atoms with E-state index in [2.05, 4.69) is 5.16 Å². The summed E-state index contributed by atoms with van der Waals surface area (Å²) in [5.41, 5.74) is 1.96. The Kier molecular flexibility index (Phi) is 3.96. The van der Waals surface area contributed by atoms with Gasteiger partial charge in [-0.25, -0.2) is 8.42 Å². The third-order valence-corrected chi connectivity index (χ3v) is 5.95. The molecule has 0 amide bonds. The van der Waals surface area contributed by atoms with Crippen LogP contribution in [0.15, 0.2) is 33.7 Å². The average Bonchev–Trinajstić information content (AvgIpc) is 3.32. The number of hydrogen-bond donors (Lipinski definition) is 0. The van der Waals surface area contributed by atoms with Crippen LogP contribution in [0, 0.1) is 25.2 Å². The quantitative estimate of drug-likeness (QED) is 0.840. The molecule has 0 saturated heterocycles. The summed E-state index contributed by atoms with van der Waals surface area (Å²) in [6, 6.07) is 8.02. The van der Waals surface area contributed by atoms with Gasteiger partial charge in [0.1, 0.15) is 5.76 Å². The molecule has 7 heteroatoms. The van der Waals surface area contributed by atoms with E-state index >= 15 is 0 Å². The zero-order valence-electron chi connectivity index (χ0n) is 13.0. The fourth-order valence-electron chi connectivity index (χ4n) is 2.49. The molecule has 23 heavy (non-hydrogen) atoms. The van der Waals surface area contributed by atoms with E-state index in [1.54, 1.807) is 6.92 Å². The Morgan fingerprint density at radius 1 is 1.30 bits per heavy atom. The minimum Gasteiger partial charge on any atom is -0.361 e. The molecule has 3 rings (SSSR count). The molecule has 0 atom stereocenters. The van der Waals surface area contributed by atoms with Crippen molar-refractivity contribution in [1.29, 1.82) is 5.26 Å². The number of hydrogen-bond acceptors (Lipinski definition) is 5. The lowest BCUT2D eigenvalue weighted by Gasteiger charge is -2.22. The van der Waals surface area contributed by atoms with Gasteiger partial charge in [-0.15, -0.1) is 0 Å². The summed E-state index contributed by atoms with van der Waals surface area (Å²) in [4.78, 5) is 0.204. The predicted octanol–water partition coefficient (Wildman–Crippen LogP) is 2.52. The second-order valence-corrected chi connectivity index (χ2v) is 7.61. The van der Waals surface area contributed by atoms with E-state index in [-0.39, 0.29) is 17.5 Å². The minimum atomic E-state index is -3.62. The van der Waals surface area contributed by atoms with Crippen LogP contribution < -0.4 is 0 Å². The maximum atomic E-state index is 13.0. The first-order valence-electron chi connectivity index (χ1n) is 7.37. The Bertz CT molecular complexity index is 839. The molecule has 1 heterocycles. The van der Waals surface area contributed by atoms with E-state index in [1.165, 1.54) is 28.6 Å². The van der Waals surface area contributed by atoms with Gasteiger partial charge in [-0.05, 0) is 51.0 Å². The lowest BCUT2D eigenvalue weighted by Crippen LogP contribution is -2.33. The Labute approximate surface area is 135 Å². The number of rotatable bonds is 5. The first-order valence-corrected chi connectivity index (χ1v) is 8.81. The molecular formula is C16H17N3O3S. The molecule has 0 radical (unpaired) electrons. The SMILES string of the molecule is Cc1noc(C)c1CN(C1CC1)S(=O)(=O)c1ccc(C#N)cc1. The Balaban J connectivity index is 1.95. The molecule has 0 unspecified atom stereocenters. The van der Waals surface area contributed by atoms with Gasteiger partial charge in [-0.1, -0.05) is 5.16 Å². The zero-order chi connectivity index (χ0) is 16.6. The molecule has 0 spiro atoms. The number of nitriles is 1. The molecule has 1 aliphatic rings. The molecule has 6 nitrogen and oxygen atoms in total. The van der Waals surface area contributed by atoms with Gasteiger partial charge in [0, 0.05) is 18.2 Å². The van der Waals surface area contributed by atoms with Crippen molar-refractivity contribution in [3.05, 3.63) is 46.8 Å². The lowest BCUT2D eigenvalue weighted by atomic mass is 10.2. The summed E-state index contributed by atoms with van der Waals surface area (Å²) in [5.74, 6) is 0.642. The molecule has 1 fully saturated rings. The highest BCUT2D eigenvalue weighted by molar-refractivity contribution is 7.89. The van der Waals surface area contributed by atoms with Gasteiger partial charge in [0.2, 0.25) is 10.0 Å². The summed E-state index contributed by atoms with van der Waals surface area (Å²) < 4.78 is 32.6. The number of aryl methyl sites for hydroxylation is 2. The second kappa shape index (κ2) is 5.80. The summed E-state index contributed by atoms with van der Waals surface area (Å²) in [6.07, 6.45) is 1.72. The highest BCUT2D eigenvalue weighted by Crippen LogP contribution is 2.34. The van der Waals surface area contributed by atoms with E-state index in [4.69, 9.17) is 9.78 Å². The Hall–Kier alpha value is -2.17. The molecule has 0 N–H and O–H groups in total. The fourth-order valence-corrected chi connectivity index (χ4v) is 4.15. The normalized spacial score (nSPS) is 14.9. The minimum absolute atomic E-state index is 0.0179. The molecule has 1 saturated carbocycles. The molecule has 1 aliphatic carbocycles. The third-order valence-electron chi connectivity index (χ3n) is 4.04. The van der Waals surface area contributed by atoms with Gasteiger partial charge < -0.3 is 4.52 Å². The smallest absolute Gasteiger partial charge is 0.243 e. The van der Waals surface area contributed by atoms with Gasteiger partial charge in [-0.3, -0.25) is 0 Å². The van der Waals surface area contributed by atoms with Crippen molar-refractivity contribution in [1.82, 2.24) is 9.46 Å². The van der Waals surface area contributed by atoms with Crippen molar-refractivity contribution in [3.63, 3.8) is 0 Å².